The zero-order chi connectivity index (χ0) is 27.2. The molecule has 1 atom stereocenters. The van der Waals surface area contributed by atoms with Crippen LogP contribution in [0.4, 0.5) is 5.69 Å². The largest absolute Gasteiger partial charge is 0.454 e. The average Bonchev–Trinajstić information content (AvgIpc) is 3.38. The van der Waals surface area contributed by atoms with Gasteiger partial charge >= 0.3 is 0 Å². The van der Waals surface area contributed by atoms with Crippen LogP contribution in [0.2, 0.25) is 0 Å². The van der Waals surface area contributed by atoms with Gasteiger partial charge in [-0.3, -0.25) is 4.79 Å². The first-order valence-corrected chi connectivity index (χ1v) is 14.7. The van der Waals surface area contributed by atoms with Crippen LogP contribution in [-0.4, -0.2) is 51.7 Å². The van der Waals surface area contributed by atoms with Crippen molar-refractivity contribution in [1.82, 2.24) is 4.31 Å². The fourth-order valence-corrected chi connectivity index (χ4v) is 7.33. The van der Waals surface area contributed by atoms with Gasteiger partial charge in [0.15, 0.2) is 11.5 Å². The molecule has 0 spiro atoms. The number of amides is 1. The Labute approximate surface area is 230 Å². The molecule has 0 radical (unpaired) electrons. The predicted molar refractivity (Wildman–Crippen MR) is 150 cm³/mol. The number of hydrogen-bond acceptors (Lipinski definition) is 6. The van der Waals surface area contributed by atoms with Gasteiger partial charge in [-0.25, -0.2) is 8.42 Å². The van der Waals surface area contributed by atoms with Crippen molar-refractivity contribution in [1.29, 1.82) is 0 Å². The first kappa shape index (κ1) is 25.9. The molecule has 2 aliphatic heterocycles. The number of hydrogen-bond donors (Lipinski definition) is 1. The lowest BCUT2D eigenvalue weighted by atomic mass is 9.94. The van der Waals surface area contributed by atoms with Crippen molar-refractivity contribution in [2.24, 2.45) is 0 Å². The molecule has 1 N–H and O–H groups in total. The first-order chi connectivity index (χ1) is 18.8. The number of sulfonamides is 1. The molecular weight excluding hydrogens is 516 g/mol. The molecular formula is C30H34N2O6S. The predicted octanol–water partition coefficient (Wildman–Crippen LogP) is 5.11. The van der Waals surface area contributed by atoms with E-state index in [4.69, 9.17) is 14.2 Å². The Hall–Kier alpha value is -3.40. The highest BCUT2D eigenvalue weighted by atomic mass is 32.2. The molecule has 2 heterocycles. The number of rotatable bonds is 8. The second-order valence-electron chi connectivity index (χ2n) is 10.5. The minimum atomic E-state index is -3.60. The lowest BCUT2D eigenvalue weighted by Crippen LogP contribution is -2.38. The molecule has 1 aliphatic carbocycles. The molecule has 3 aromatic rings. The second kappa shape index (κ2) is 9.97. The number of aryl methyl sites for hydroxylation is 1. The summed E-state index contributed by atoms with van der Waals surface area (Å²) >= 11 is 0. The summed E-state index contributed by atoms with van der Waals surface area (Å²) in [5, 5.41) is 3.11. The van der Waals surface area contributed by atoms with Gasteiger partial charge in [0, 0.05) is 26.8 Å². The van der Waals surface area contributed by atoms with Crippen LogP contribution < -0.4 is 14.8 Å². The van der Waals surface area contributed by atoms with Crippen LogP contribution in [0.1, 0.15) is 38.2 Å². The highest BCUT2D eigenvalue weighted by Gasteiger charge is 2.51. The standard InChI is InChI=1S/C30H32N2O6S.H2/c1-20-5-9-23(31-29(33)30(13-14-30)22-8-12-27-28(16-22)38-19-37-27)17-26(20)21-6-10-25(11-7-21)39(34,35)32-15-3-4-24(32)18-36-2;/h5-12,16-17,24H,3-4,13-15,18-19H2,1-2H3,(H,31,33);1H. The molecule has 2 fully saturated rings. The van der Waals surface area contributed by atoms with Gasteiger partial charge in [0.1, 0.15) is 0 Å². The van der Waals surface area contributed by atoms with Crippen LogP contribution >= 0.6 is 0 Å². The maximum atomic E-state index is 13.4. The van der Waals surface area contributed by atoms with E-state index in [1.54, 1.807) is 23.5 Å². The van der Waals surface area contributed by atoms with Crippen molar-refractivity contribution in [3.05, 3.63) is 71.8 Å². The van der Waals surface area contributed by atoms with Crippen LogP contribution in [0.15, 0.2) is 65.6 Å². The first-order valence-electron chi connectivity index (χ1n) is 13.3. The molecule has 1 unspecified atom stereocenters. The molecule has 8 nitrogen and oxygen atoms in total. The third kappa shape index (κ3) is 4.68. The maximum absolute atomic E-state index is 13.4. The maximum Gasteiger partial charge on any atom is 0.243 e. The SMILES string of the molecule is COCC1CCCN1S(=O)(=O)c1ccc(-c2cc(NC(=O)C3(c4ccc5c(c4)OCO5)CC3)ccc2C)cc1.[HH]. The lowest BCUT2D eigenvalue weighted by Gasteiger charge is -2.23. The van der Waals surface area contributed by atoms with Crippen molar-refractivity contribution in [3.63, 3.8) is 0 Å². The number of benzene rings is 3. The molecule has 0 aromatic heterocycles. The van der Waals surface area contributed by atoms with E-state index in [1.165, 1.54) is 0 Å². The van der Waals surface area contributed by atoms with Gasteiger partial charge in [0.2, 0.25) is 22.7 Å². The molecule has 1 saturated carbocycles. The molecule has 1 saturated heterocycles. The summed E-state index contributed by atoms with van der Waals surface area (Å²) in [5.41, 5.74) is 3.90. The Morgan fingerprint density at radius 1 is 1.08 bits per heavy atom. The third-order valence-corrected chi connectivity index (χ3v) is 10.0. The minimum absolute atomic E-state index is 0. The third-order valence-electron chi connectivity index (χ3n) is 8.06. The van der Waals surface area contributed by atoms with Gasteiger partial charge in [-0.15, -0.1) is 0 Å². The fraction of sp³-hybridized carbons (Fsp3) is 0.367. The topological polar surface area (TPSA) is 94.2 Å². The van der Waals surface area contributed by atoms with Gasteiger partial charge in [0.25, 0.3) is 0 Å². The van der Waals surface area contributed by atoms with E-state index in [0.717, 1.165) is 47.9 Å². The Morgan fingerprint density at radius 3 is 2.59 bits per heavy atom. The lowest BCUT2D eigenvalue weighted by molar-refractivity contribution is -0.118. The molecule has 206 valence electrons. The Balaban J connectivity index is 0.00000323. The van der Waals surface area contributed by atoms with Gasteiger partial charge < -0.3 is 19.5 Å². The van der Waals surface area contributed by atoms with E-state index in [-0.39, 0.29) is 25.1 Å². The molecule has 1 amide bonds. The van der Waals surface area contributed by atoms with Crippen molar-refractivity contribution in [3.8, 4) is 22.6 Å². The van der Waals surface area contributed by atoms with Crippen molar-refractivity contribution in [2.75, 3.05) is 32.4 Å². The van der Waals surface area contributed by atoms with Crippen LogP contribution in [0.5, 0.6) is 11.5 Å². The summed E-state index contributed by atoms with van der Waals surface area (Å²) in [5.74, 6) is 1.33. The summed E-state index contributed by atoms with van der Waals surface area (Å²) in [6, 6.07) is 18.4. The van der Waals surface area contributed by atoms with Crippen LogP contribution in [0.3, 0.4) is 0 Å². The minimum Gasteiger partial charge on any atom is -0.454 e. The Kier molecular flexibility index (Phi) is 6.61. The van der Waals surface area contributed by atoms with Gasteiger partial charge in [-0.05, 0) is 91.3 Å². The number of nitrogens with one attached hydrogen (secondary N) is 1. The summed E-state index contributed by atoms with van der Waals surface area (Å²) in [6.45, 7) is 3.10. The van der Waals surface area contributed by atoms with Gasteiger partial charge in [-0.2, -0.15) is 4.31 Å². The molecule has 39 heavy (non-hydrogen) atoms. The summed E-state index contributed by atoms with van der Waals surface area (Å²) in [4.78, 5) is 13.7. The average molecular weight is 551 g/mol. The number of carbonyl (C=O) groups excluding carboxylic acids is 1. The quantitative estimate of drug-likeness (QED) is 0.419. The Bertz CT molecular complexity index is 1520. The van der Waals surface area contributed by atoms with Gasteiger partial charge in [0.05, 0.1) is 16.9 Å². The number of carbonyl (C=O) groups is 1. The number of anilines is 1. The highest BCUT2D eigenvalue weighted by molar-refractivity contribution is 7.89. The highest BCUT2D eigenvalue weighted by Crippen LogP contribution is 2.51. The van der Waals surface area contributed by atoms with Crippen molar-refractivity contribution < 1.29 is 28.8 Å². The smallest absolute Gasteiger partial charge is 0.243 e. The van der Waals surface area contributed by atoms with E-state index < -0.39 is 15.4 Å². The van der Waals surface area contributed by atoms with Crippen LogP contribution in [-0.2, 0) is 25.0 Å². The van der Waals surface area contributed by atoms with Crippen LogP contribution in [0.25, 0.3) is 11.1 Å². The van der Waals surface area contributed by atoms with E-state index in [9.17, 15) is 13.2 Å². The molecule has 6 rings (SSSR count). The second-order valence-corrected chi connectivity index (χ2v) is 12.4. The van der Waals surface area contributed by atoms with E-state index >= 15 is 0 Å². The van der Waals surface area contributed by atoms with Crippen molar-refractivity contribution >= 4 is 21.6 Å². The fourth-order valence-electron chi connectivity index (χ4n) is 5.65. The molecule has 9 heteroatoms. The molecule has 0 bridgehead atoms. The molecule has 3 aromatic carbocycles. The zero-order valence-corrected chi connectivity index (χ0v) is 22.9. The van der Waals surface area contributed by atoms with Crippen molar-refractivity contribution in [2.45, 2.75) is 49.0 Å². The van der Waals surface area contributed by atoms with Crippen LogP contribution in [0, 0.1) is 6.92 Å². The summed E-state index contributed by atoms with van der Waals surface area (Å²) in [7, 11) is -2.01. The van der Waals surface area contributed by atoms with E-state index in [2.05, 4.69) is 5.32 Å². The van der Waals surface area contributed by atoms with E-state index in [1.807, 2.05) is 55.5 Å². The number of nitrogens with zero attached hydrogens (tertiary/aromatic N) is 1. The number of methoxy groups -OCH3 is 1. The zero-order valence-electron chi connectivity index (χ0n) is 22.1. The Morgan fingerprint density at radius 2 is 1.85 bits per heavy atom. The van der Waals surface area contributed by atoms with E-state index in [0.29, 0.717) is 30.3 Å². The molecule has 3 aliphatic rings. The number of fused-ring (bicyclic) bond motifs is 1. The summed E-state index contributed by atoms with van der Waals surface area (Å²) in [6.07, 6.45) is 3.18. The van der Waals surface area contributed by atoms with Gasteiger partial charge in [-0.1, -0.05) is 24.3 Å². The summed E-state index contributed by atoms with van der Waals surface area (Å²) < 4.78 is 44.3. The normalized spacial score (nSPS) is 19.7. The monoisotopic (exact) mass is 550 g/mol. The number of ether oxygens (including phenoxy) is 3.